The Morgan fingerprint density at radius 3 is 2.79 bits per heavy atom. The zero-order valence-corrected chi connectivity index (χ0v) is 18.1. The number of nitrogens with one attached hydrogen (secondary N) is 1. The first-order chi connectivity index (χ1) is 14.3. The number of hydrogen-bond donors (Lipinski definition) is 1. The molecule has 1 atom stereocenters. The van der Waals surface area contributed by atoms with Gasteiger partial charge in [-0.05, 0) is 79.7 Å². The molecule has 0 bridgehead atoms. The Balaban J connectivity index is 1.20. The van der Waals surface area contributed by atoms with E-state index in [0.29, 0.717) is 0 Å². The van der Waals surface area contributed by atoms with Crippen LogP contribution < -0.4 is 0 Å². The Morgan fingerprint density at radius 1 is 1.10 bits per heavy atom. The molecule has 1 unspecified atom stereocenters. The van der Waals surface area contributed by atoms with E-state index in [1.54, 1.807) is 5.56 Å². The highest BCUT2D eigenvalue weighted by Crippen LogP contribution is 2.34. The average molecular weight is 403 g/mol. The van der Waals surface area contributed by atoms with Crippen LogP contribution in [0.3, 0.4) is 0 Å². The highest BCUT2D eigenvalue weighted by atomic mass is 32.2. The van der Waals surface area contributed by atoms with E-state index < -0.39 is 0 Å². The first-order valence-electron chi connectivity index (χ1n) is 10.9. The topological polar surface area (TPSA) is 19.0 Å². The van der Waals surface area contributed by atoms with Crippen molar-refractivity contribution in [2.24, 2.45) is 5.92 Å². The summed E-state index contributed by atoms with van der Waals surface area (Å²) < 4.78 is 0. The van der Waals surface area contributed by atoms with Crippen LogP contribution >= 0.6 is 11.8 Å². The van der Waals surface area contributed by atoms with Gasteiger partial charge in [-0.25, -0.2) is 0 Å². The van der Waals surface area contributed by atoms with E-state index in [0.717, 1.165) is 12.5 Å². The predicted octanol–water partition coefficient (Wildman–Crippen LogP) is 6.17. The van der Waals surface area contributed by atoms with Gasteiger partial charge in [0.1, 0.15) is 0 Å². The molecule has 0 fully saturated rings. The number of thioether (sulfide) groups is 1. The lowest BCUT2D eigenvalue weighted by Crippen LogP contribution is -2.31. The molecule has 0 saturated heterocycles. The van der Waals surface area contributed by atoms with E-state index in [2.05, 4.69) is 70.7 Å². The van der Waals surface area contributed by atoms with Gasteiger partial charge in [0, 0.05) is 34.6 Å². The quantitative estimate of drug-likeness (QED) is 0.514. The third kappa shape index (κ3) is 4.04. The molecule has 150 valence electrons. The summed E-state index contributed by atoms with van der Waals surface area (Å²) in [5.41, 5.74) is 7.33. The minimum atomic E-state index is 0.821. The molecule has 0 radical (unpaired) electrons. The third-order valence-electron chi connectivity index (χ3n) is 6.79. The monoisotopic (exact) mass is 402 g/mol. The molecule has 2 heterocycles. The summed E-state index contributed by atoms with van der Waals surface area (Å²) in [6.07, 6.45) is 10.9. The molecule has 1 aliphatic heterocycles. The zero-order chi connectivity index (χ0) is 19.6. The Kier molecular flexibility index (Phi) is 5.52. The number of hydrogen-bond acceptors (Lipinski definition) is 2. The lowest BCUT2D eigenvalue weighted by Gasteiger charge is -2.29. The van der Waals surface area contributed by atoms with Gasteiger partial charge in [0.2, 0.25) is 0 Å². The van der Waals surface area contributed by atoms with Crippen LogP contribution in [0.25, 0.3) is 16.5 Å². The summed E-state index contributed by atoms with van der Waals surface area (Å²) in [5, 5.41) is 1.45. The Labute approximate surface area is 178 Å². The number of aryl methyl sites for hydroxylation is 1. The average Bonchev–Trinajstić information content (AvgIpc) is 3.15. The highest BCUT2D eigenvalue weighted by molar-refractivity contribution is 7.98. The number of rotatable bonds is 5. The fourth-order valence-corrected chi connectivity index (χ4v) is 5.48. The number of benzene rings is 2. The standard InChI is InChI=1S/C26H30N2S/c1-29-22-8-9-23-24-17-19(7-10-25(24)27-26(23)18-22)11-14-28-15-12-21(13-16-28)20-5-3-2-4-6-20/h2-6,8-9,12,18-19,27H,7,10-11,13-17H2,1H3. The second kappa shape index (κ2) is 8.41. The fourth-order valence-electron chi connectivity index (χ4n) is 5.04. The van der Waals surface area contributed by atoms with Crippen LogP contribution in [0.5, 0.6) is 0 Å². The van der Waals surface area contributed by atoms with Crippen molar-refractivity contribution in [2.45, 2.75) is 37.0 Å². The van der Waals surface area contributed by atoms with Crippen LogP contribution in [-0.4, -0.2) is 35.8 Å². The van der Waals surface area contributed by atoms with Gasteiger partial charge in [0.25, 0.3) is 0 Å². The van der Waals surface area contributed by atoms with E-state index in [9.17, 15) is 0 Å². The van der Waals surface area contributed by atoms with Crippen molar-refractivity contribution in [2.75, 3.05) is 25.9 Å². The van der Waals surface area contributed by atoms with Crippen LogP contribution in [-0.2, 0) is 12.8 Å². The number of aromatic nitrogens is 1. The lowest BCUT2D eigenvalue weighted by atomic mass is 9.84. The maximum Gasteiger partial charge on any atom is 0.0470 e. The molecule has 2 nitrogen and oxygen atoms in total. The Hall–Kier alpha value is -1.97. The molecular formula is C26H30N2S. The Bertz CT molecular complexity index is 1020. The fraction of sp³-hybridized carbons (Fsp3) is 0.385. The van der Waals surface area contributed by atoms with E-state index in [1.165, 1.54) is 77.8 Å². The van der Waals surface area contributed by atoms with Crippen molar-refractivity contribution in [3.63, 3.8) is 0 Å². The van der Waals surface area contributed by atoms with E-state index >= 15 is 0 Å². The van der Waals surface area contributed by atoms with Crippen molar-refractivity contribution in [3.8, 4) is 0 Å². The molecule has 2 aromatic carbocycles. The maximum absolute atomic E-state index is 3.71. The van der Waals surface area contributed by atoms with Crippen LogP contribution in [0.15, 0.2) is 59.5 Å². The largest absolute Gasteiger partial charge is 0.358 e. The van der Waals surface area contributed by atoms with E-state index in [1.807, 2.05) is 11.8 Å². The lowest BCUT2D eigenvalue weighted by molar-refractivity contribution is 0.265. The molecule has 2 aliphatic rings. The summed E-state index contributed by atoms with van der Waals surface area (Å²) in [6.45, 7) is 3.54. The van der Waals surface area contributed by atoms with Crippen molar-refractivity contribution < 1.29 is 0 Å². The van der Waals surface area contributed by atoms with E-state index in [4.69, 9.17) is 0 Å². The van der Waals surface area contributed by atoms with Crippen molar-refractivity contribution in [1.82, 2.24) is 9.88 Å². The number of fused-ring (bicyclic) bond motifs is 3. The molecule has 0 spiro atoms. The number of H-pyrrole nitrogens is 1. The molecule has 3 heteroatoms. The molecule has 5 rings (SSSR count). The molecule has 1 aromatic heterocycles. The minimum absolute atomic E-state index is 0.821. The molecular weight excluding hydrogens is 372 g/mol. The minimum Gasteiger partial charge on any atom is -0.358 e. The molecule has 3 aromatic rings. The van der Waals surface area contributed by atoms with Gasteiger partial charge in [-0.2, -0.15) is 0 Å². The summed E-state index contributed by atoms with van der Waals surface area (Å²) in [5.74, 6) is 0.821. The van der Waals surface area contributed by atoms with Crippen molar-refractivity contribution >= 4 is 28.2 Å². The van der Waals surface area contributed by atoms with Crippen LogP contribution in [0.4, 0.5) is 0 Å². The van der Waals surface area contributed by atoms with Gasteiger partial charge >= 0.3 is 0 Å². The van der Waals surface area contributed by atoms with Gasteiger partial charge in [0.15, 0.2) is 0 Å². The van der Waals surface area contributed by atoms with Gasteiger partial charge in [-0.1, -0.05) is 42.5 Å². The van der Waals surface area contributed by atoms with Gasteiger partial charge < -0.3 is 4.98 Å². The number of aromatic amines is 1. The highest BCUT2D eigenvalue weighted by Gasteiger charge is 2.23. The van der Waals surface area contributed by atoms with Gasteiger partial charge in [-0.3, -0.25) is 4.90 Å². The SMILES string of the molecule is CSc1ccc2c3c([nH]c2c1)CCC(CCN1CC=C(c2ccccc2)CC1)C3. The summed E-state index contributed by atoms with van der Waals surface area (Å²) >= 11 is 1.82. The van der Waals surface area contributed by atoms with Crippen molar-refractivity contribution in [1.29, 1.82) is 0 Å². The van der Waals surface area contributed by atoms with Gasteiger partial charge in [-0.15, -0.1) is 11.8 Å². The predicted molar refractivity (Wildman–Crippen MR) is 126 cm³/mol. The maximum atomic E-state index is 3.71. The molecule has 0 amide bonds. The molecule has 1 aliphatic carbocycles. The molecule has 29 heavy (non-hydrogen) atoms. The second-order valence-electron chi connectivity index (χ2n) is 8.54. The summed E-state index contributed by atoms with van der Waals surface area (Å²) in [6, 6.07) is 17.8. The van der Waals surface area contributed by atoms with E-state index in [-0.39, 0.29) is 0 Å². The number of nitrogens with zero attached hydrogens (tertiary/aromatic N) is 1. The zero-order valence-electron chi connectivity index (χ0n) is 17.3. The first kappa shape index (κ1) is 19.0. The normalized spacial score (nSPS) is 19.9. The first-order valence-corrected chi connectivity index (χ1v) is 12.2. The third-order valence-corrected chi connectivity index (χ3v) is 7.51. The smallest absolute Gasteiger partial charge is 0.0470 e. The van der Waals surface area contributed by atoms with Crippen LogP contribution in [0.2, 0.25) is 0 Å². The van der Waals surface area contributed by atoms with Gasteiger partial charge in [0.05, 0.1) is 0 Å². The van der Waals surface area contributed by atoms with Crippen LogP contribution in [0.1, 0.15) is 36.1 Å². The summed E-state index contributed by atoms with van der Waals surface area (Å²) in [4.78, 5) is 7.69. The Morgan fingerprint density at radius 2 is 2.00 bits per heavy atom. The second-order valence-corrected chi connectivity index (χ2v) is 9.42. The summed E-state index contributed by atoms with van der Waals surface area (Å²) in [7, 11) is 0. The van der Waals surface area contributed by atoms with Crippen molar-refractivity contribution in [3.05, 3.63) is 71.4 Å². The molecule has 0 saturated carbocycles. The van der Waals surface area contributed by atoms with Crippen LogP contribution in [0, 0.1) is 5.92 Å². The molecule has 1 N–H and O–H groups in total.